The largest absolute Gasteiger partial charge is 0.374 e. The van der Waals surface area contributed by atoms with Crippen molar-refractivity contribution in [2.75, 3.05) is 20.2 Å². The highest BCUT2D eigenvalue weighted by Crippen LogP contribution is 2.26. The predicted molar refractivity (Wildman–Crippen MR) is 48.6 cm³/mol. The molecule has 0 spiro atoms. The van der Waals surface area contributed by atoms with Crippen molar-refractivity contribution in [1.82, 2.24) is 4.90 Å². The maximum atomic E-state index is 8.43. The molecule has 0 bridgehead atoms. The van der Waals surface area contributed by atoms with Crippen LogP contribution in [0.25, 0.3) is 0 Å². The number of ether oxygens (including phenoxy) is 1. The summed E-state index contributed by atoms with van der Waals surface area (Å²) in [7, 11) is 1.71. The molecule has 1 aliphatic rings. The molecule has 1 heterocycles. The summed E-state index contributed by atoms with van der Waals surface area (Å²) in [4.78, 5) is 1.70. The van der Waals surface area contributed by atoms with Gasteiger partial charge >= 0.3 is 0 Å². The van der Waals surface area contributed by atoms with Gasteiger partial charge in [-0.15, -0.1) is 0 Å². The molecule has 1 aliphatic heterocycles. The molecule has 0 saturated carbocycles. The number of hydrogen-bond donors (Lipinski definition) is 0. The molecule has 0 aromatic rings. The summed E-state index contributed by atoms with van der Waals surface area (Å²) < 4.78 is 5.26. The highest BCUT2D eigenvalue weighted by Gasteiger charge is 2.41. The summed E-state index contributed by atoms with van der Waals surface area (Å²) in [5, 5.41) is 8.43. The van der Waals surface area contributed by atoms with Gasteiger partial charge in [0.1, 0.15) is 5.60 Å². The molecule has 70 valence electrons. The summed E-state index contributed by atoms with van der Waals surface area (Å²) >= 11 is 0. The lowest BCUT2D eigenvalue weighted by atomic mass is 9.92. The first kappa shape index (κ1) is 11.2. The summed E-state index contributed by atoms with van der Waals surface area (Å²) in [6, 6.07) is 0. The number of nitriles is 1. The second-order valence-electron chi connectivity index (χ2n) is 2.70. The Hall–Kier alpha value is -0.750. The Kier molecular flexibility index (Phi) is 4.68. The lowest BCUT2D eigenvalue weighted by Crippen LogP contribution is -2.60. The van der Waals surface area contributed by atoms with E-state index in [2.05, 4.69) is 13.1 Å². The van der Waals surface area contributed by atoms with Crippen LogP contribution in [0.5, 0.6) is 0 Å². The first-order valence-corrected chi connectivity index (χ1v) is 4.46. The minimum absolute atomic E-state index is 0.0181. The van der Waals surface area contributed by atoms with E-state index in [9.17, 15) is 0 Å². The molecule has 0 aromatic carbocycles. The van der Waals surface area contributed by atoms with Crippen LogP contribution in [-0.2, 0) is 4.74 Å². The fourth-order valence-electron chi connectivity index (χ4n) is 1.22. The third kappa shape index (κ3) is 2.12. The van der Waals surface area contributed by atoms with Gasteiger partial charge in [-0.3, -0.25) is 0 Å². The standard InChI is InChI=1S/C7H12N2O.C2H6/c1-3-7(10-2)4-9(5-7)6-8;1-2/h3-5H2,1-2H3;1-2H3. The van der Waals surface area contributed by atoms with E-state index in [4.69, 9.17) is 10.00 Å². The van der Waals surface area contributed by atoms with Gasteiger partial charge in [0.15, 0.2) is 6.19 Å². The van der Waals surface area contributed by atoms with Crippen LogP contribution in [0.15, 0.2) is 0 Å². The monoisotopic (exact) mass is 170 g/mol. The molecule has 0 aromatic heterocycles. The molecular formula is C9H18N2O. The molecule has 0 aliphatic carbocycles. The van der Waals surface area contributed by atoms with E-state index < -0.39 is 0 Å². The normalized spacial score (nSPS) is 18.4. The Morgan fingerprint density at radius 3 is 2.25 bits per heavy atom. The molecule has 0 radical (unpaired) electrons. The van der Waals surface area contributed by atoms with Gasteiger partial charge in [0, 0.05) is 7.11 Å². The third-order valence-corrected chi connectivity index (χ3v) is 2.18. The van der Waals surface area contributed by atoms with Crippen molar-refractivity contribution < 1.29 is 4.74 Å². The Morgan fingerprint density at radius 2 is 2.00 bits per heavy atom. The number of nitrogens with zero attached hydrogens (tertiary/aromatic N) is 2. The predicted octanol–water partition coefficient (Wildman–Crippen LogP) is 1.60. The van der Waals surface area contributed by atoms with Crippen molar-refractivity contribution in [2.24, 2.45) is 0 Å². The number of likely N-dealkylation sites (tertiary alicyclic amines) is 1. The van der Waals surface area contributed by atoms with Gasteiger partial charge in [-0.2, -0.15) is 5.26 Å². The molecule has 0 atom stereocenters. The molecule has 0 amide bonds. The highest BCUT2D eigenvalue weighted by atomic mass is 16.5. The van der Waals surface area contributed by atoms with Gasteiger partial charge in [0.25, 0.3) is 0 Å². The lowest BCUT2D eigenvalue weighted by molar-refractivity contribution is -0.104. The summed E-state index contributed by atoms with van der Waals surface area (Å²) in [6.07, 6.45) is 3.07. The SMILES string of the molecule is CC.CCC1(OC)CN(C#N)C1. The second-order valence-corrected chi connectivity index (χ2v) is 2.70. The van der Waals surface area contributed by atoms with E-state index in [1.165, 1.54) is 0 Å². The van der Waals surface area contributed by atoms with E-state index in [1.807, 2.05) is 13.8 Å². The maximum Gasteiger partial charge on any atom is 0.179 e. The number of hydrogen-bond acceptors (Lipinski definition) is 3. The van der Waals surface area contributed by atoms with E-state index in [1.54, 1.807) is 12.0 Å². The van der Waals surface area contributed by atoms with Crippen LogP contribution in [0.2, 0.25) is 0 Å². The molecule has 0 N–H and O–H groups in total. The van der Waals surface area contributed by atoms with Crippen molar-refractivity contribution in [3.63, 3.8) is 0 Å². The molecule has 12 heavy (non-hydrogen) atoms. The molecule has 3 nitrogen and oxygen atoms in total. The van der Waals surface area contributed by atoms with Gasteiger partial charge < -0.3 is 9.64 Å². The maximum absolute atomic E-state index is 8.43. The van der Waals surface area contributed by atoms with E-state index in [0.717, 1.165) is 19.5 Å². The van der Waals surface area contributed by atoms with Gasteiger partial charge in [-0.25, -0.2) is 0 Å². The Bertz CT molecular complexity index is 150. The lowest BCUT2D eigenvalue weighted by Gasteiger charge is -2.45. The van der Waals surface area contributed by atoms with Crippen LogP contribution in [0.4, 0.5) is 0 Å². The van der Waals surface area contributed by atoms with Crippen LogP contribution in [0.3, 0.4) is 0 Å². The molecular weight excluding hydrogens is 152 g/mol. The third-order valence-electron chi connectivity index (χ3n) is 2.18. The second kappa shape index (κ2) is 5.00. The highest BCUT2D eigenvalue weighted by molar-refractivity contribution is 5.01. The van der Waals surface area contributed by atoms with Gasteiger partial charge in [0.2, 0.25) is 0 Å². The fraction of sp³-hybridized carbons (Fsp3) is 0.889. The van der Waals surface area contributed by atoms with E-state index in [0.29, 0.717) is 0 Å². The minimum atomic E-state index is -0.0181. The van der Waals surface area contributed by atoms with Crippen LogP contribution in [0.1, 0.15) is 27.2 Å². The van der Waals surface area contributed by atoms with Crippen LogP contribution >= 0.6 is 0 Å². The number of rotatable bonds is 2. The Morgan fingerprint density at radius 1 is 1.50 bits per heavy atom. The first-order valence-electron chi connectivity index (χ1n) is 4.46. The molecule has 0 unspecified atom stereocenters. The topological polar surface area (TPSA) is 36.3 Å². The van der Waals surface area contributed by atoms with Gasteiger partial charge in [0.05, 0.1) is 13.1 Å². The van der Waals surface area contributed by atoms with Gasteiger partial charge in [-0.1, -0.05) is 20.8 Å². The minimum Gasteiger partial charge on any atom is -0.374 e. The number of methoxy groups -OCH3 is 1. The fourth-order valence-corrected chi connectivity index (χ4v) is 1.22. The molecule has 1 saturated heterocycles. The Labute approximate surface area is 74.9 Å². The average molecular weight is 170 g/mol. The smallest absolute Gasteiger partial charge is 0.179 e. The van der Waals surface area contributed by atoms with Crippen molar-refractivity contribution in [3.8, 4) is 6.19 Å². The molecule has 1 fully saturated rings. The van der Waals surface area contributed by atoms with Crippen LogP contribution in [0, 0.1) is 11.5 Å². The van der Waals surface area contributed by atoms with Crippen molar-refractivity contribution in [1.29, 1.82) is 5.26 Å². The zero-order valence-corrected chi connectivity index (χ0v) is 8.42. The van der Waals surface area contributed by atoms with Gasteiger partial charge in [-0.05, 0) is 6.42 Å². The summed E-state index contributed by atoms with van der Waals surface area (Å²) in [5.74, 6) is 0. The zero-order valence-electron chi connectivity index (χ0n) is 8.42. The molecule has 1 rings (SSSR count). The zero-order chi connectivity index (χ0) is 9.61. The quantitative estimate of drug-likeness (QED) is 0.591. The van der Waals surface area contributed by atoms with E-state index >= 15 is 0 Å². The van der Waals surface area contributed by atoms with Crippen LogP contribution in [-0.4, -0.2) is 30.7 Å². The average Bonchev–Trinajstić information content (AvgIpc) is 2.09. The first-order chi connectivity index (χ1) is 5.76. The van der Waals surface area contributed by atoms with Crippen molar-refractivity contribution >= 4 is 0 Å². The van der Waals surface area contributed by atoms with Crippen LogP contribution < -0.4 is 0 Å². The van der Waals surface area contributed by atoms with E-state index in [-0.39, 0.29) is 5.60 Å². The summed E-state index contributed by atoms with van der Waals surface area (Å²) in [6.45, 7) is 7.60. The summed E-state index contributed by atoms with van der Waals surface area (Å²) in [5.41, 5.74) is -0.0181. The Balaban J connectivity index is 0.000000561. The van der Waals surface area contributed by atoms with Crippen molar-refractivity contribution in [3.05, 3.63) is 0 Å². The van der Waals surface area contributed by atoms with Crippen molar-refractivity contribution in [2.45, 2.75) is 32.8 Å². The molecule has 3 heteroatoms.